The highest BCUT2D eigenvalue weighted by Gasteiger charge is 2.10. The number of rotatable bonds is 3. The van der Waals surface area contributed by atoms with Crippen molar-refractivity contribution in [3.05, 3.63) is 40.3 Å². The summed E-state index contributed by atoms with van der Waals surface area (Å²) in [4.78, 5) is 7.89. The average Bonchev–Trinajstić information content (AvgIpc) is 2.58. The van der Waals surface area contributed by atoms with Gasteiger partial charge in [-0.2, -0.15) is 0 Å². The van der Waals surface area contributed by atoms with Crippen molar-refractivity contribution in [2.45, 2.75) is 26.3 Å². The molecular formula is C13H16BrN3. The number of nitrogens with zero attached hydrogens (tertiary/aromatic N) is 1. The molecule has 0 spiro atoms. The maximum atomic E-state index is 5.78. The highest BCUT2D eigenvalue weighted by Crippen LogP contribution is 2.24. The van der Waals surface area contributed by atoms with E-state index in [1.54, 1.807) is 0 Å². The maximum absolute atomic E-state index is 5.78. The van der Waals surface area contributed by atoms with E-state index < -0.39 is 0 Å². The largest absolute Gasteiger partial charge is 0.346 e. The summed E-state index contributed by atoms with van der Waals surface area (Å²) in [5.74, 6) is 0.951. The summed E-state index contributed by atoms with van der Waals surface area (Å²) in [5.41, 5.74) is 8.98. The number of aryl methyl sites for hydroxylation is 1. The Bertz CT molecular complexity index is 517. The molecule has 4 heteroatoms. The monoisotopic (exact) mass is 293 g/mol. The zero-order valence-corrected chi connectivity index (χ0v) is 11.6. The molecule has 2 rings (SSSR count). The Balaban J connectivity index is 2.36. The van der Waals surface area contributed by atoms with E-state index in [0.717, 1.165) is 33.7 Å². The number of benzene rings is 1. The van der Waals surface area contributed by atoms with E-state index in [2.05, 4.69) is 38.0 Å². The van der Waals surface area contributed by atoms with Crippen molar-refractivity contribution >= 4 is 15.9 Å². The Labute approximate surface area is 110 Å². The van der Waals surface area contributed by atoms with Gasteiger partial charge in [-0.25, -0.2) is 4.98 Å². The summed E-state index contributed by atoms with van der Waals surface area (Å²) in [6.07, 6.45) is 0.773. The molecule has 0 amide bonds. The number of H-pyrrole nitrogens is 1. The van der Waals surface area contributed by atoms with Crippen molar-refractivity contribution in [1.82, 2.24) is 9.97 Å². The van der Waals surface area contributed by atoms with E-state index in [9.17, 15) is 0 Å². The zero-order chi connectivity index (χ0) is 12.4. The van der Waals surface area contributed by atoms with Crippen molar-refractivity contribution in [2.24, 2.45) is 5.73 Å². The van der Waals surface area contributed by atoms with Crippen LogP contribution in [0.25, 0.3) is 11.3 Å². The van der Waals surface area contributed by atoms with Crippen LogP contribution in [0.1, 0.15) is 18.4 Å². The van der Waals surface area contributed by atoms with Crippen LogP contribution in [0.3, 0.4) is 0 Å². The lowest BCUT2D eigenvalue weighted by Crippen LogP contribution is -2.18. The Hall–Kier alpha value is -1.13. The number of hydrogen-bond acceptors (Lipinski definition) is 2. The minimum atomic E-state index is 0.121. The molecule has 0 saturated carbocycles. The van der Waals surface area contributed by atoms with E-state index in [0.29, 0.717) is 0 Å². The van der Waals surface area contributed by atoms with Crippen molar-refractivity contribution in [1.29, 1.82) is 0 Å². The first-order valence-electron chi connectivity index (χ1n) is 5.63. The normalized spacial score (nSPS) is 12.7. The third-order valence-electron chi connectivity index (χ3n) is 2.55. The second-order valence-corrected chi connectivity index (χ2v) is 5.26. The maximum Gasteiger partial charge on any atom is 0.108 e. The fraction of sp³-hybridized carbons (Fsp3) is 0.308. The lowest BCUT2D eigenvalue weighted by molar-refractivity contribution is 0.709. The molecule has 1 heterocycles. The lowest BCUT2D eigenvalue weighted by Gasteiger charge is -2.00. The van der Waals surface area contributed by atoms with Gasteiger partial charge < -0.3 is 10.7 Å². The molecule has 3 nitrogen and oxygen atoms in total. The second-order valence-electron chi connectivity index (χ2n) is 4.35. The Morgan fingerprint density at radius 1 is 1.47 bits per heavy atom. The molecule has 0 aliphatic heterocycles. The van der Waals surface area contributed by atoms with Crippen molar-refractivity contribution in [3.63, 3.8) is 0 Å². The molecule has 1 unspecified atom stereocenters. The van der Waals surface area contributed by atoms with Crippen LogP contribution in [-0.2, 0) is 6.42 Å². The second kappa shape index (κ2) is 5.02. The van der Waals surface area contributed by atoms with Gasteiger partial charge in [0.15, 0.2) is 0 Å². The molecule has 90 valence electrons. The molecule has 3 N–H and O–H groups in total. The molecular weight excluding hydrogens is 278 g/mol. The first kappa shape index (κ1) is 12.3. The molecule has 0 radical (unpaired) electrons. The van der Waals surface area contributed by atoms with Gasteiger partial charge in [0.1, 0.15) is 5.82 Å². The standard InChI is InChI=1S/C13H16BrN3/c1-8(15)6-12-16-9(2)13(17-12)10-4-3-5-11(14)7-10/h3-5,7-8H,6,15H2,1-2H3,(H,16,17). The summed E-state index contributed by atoms with van der Waals surface area (Å²) in [7, 11) is 0. The molecule has 0 saturated heterocycles. The number of nitrogens with one attached hydrogen (secondary N) is 1. The van der Waals surface area contributed by atoms with Gasteiger partial charge in [-0.3, -0.25) is 0 Å². The molecule has 0 aliphatic carbocycles. The highest BCUT2D eigenvalue weighted by atomic mass is 79.9. The van der Waals surface area contributed by atoms with Crippen LogP contribution in [-0.4, -0.2) is 16.0 Å². The SMILES string of the molecule is Cc1[nH]c(CC(C)N)nc1-c1cccc(Br)c1. The molecule has 1 aromatic carbocycles. The van der Waals surface area contributed by atoms with Crippen LogP contribution < -0.4 is 5.73 Å². The molecule has 0 bridgehead atoms. The summed E-state index contributed by atoms with van der Waals surface area (Å²) >= 11 is 3.47. The van der Waals surface area contributed by atoms with E-state index >= 15 is 0 Å². The summed E-state index contributed by atoms with van der Waals surface area (Å²) < 4.78 is 1.06. The molecule has 2 aromatic rings. The Morgan fingerprint density at radius 2 is 2.24 bits per heavy atom. The van der Waals surface area contributed by atoms with Crippen LogP contribution in [0.2, 0.25) is 0 Å². The minimum Gasteiger partial charge on any atom is -0.346 e. The van der Waals surface area contributed by atoms with Gasteiger partial charge in [0.2, 0.25) is 0 Å². The van der Waals surface area contributed by atoms with E-state index in [1.807, 2.05) is 26.0 Å². The third-order valence-corrected chi connectivity index (χ3v) is 3.04. The first-order valence-corrected chi connectivity index (χ1v) is 6.42. The van der Waals surface area contributed by atoms with Gasteiger partial charge in [-0.1, -0.05) is 28.1 Å². The van der Waals surface area contributed by atoms with Crippen LogP contribution >= 0.6 is 15.9 Å². The van der Waals surface area contributed by atoms with Gasteiger partial charge in [0, 0.05) is 28.2 Å². The van der Waals surface area contributed by atoms with Gasteiger partial charge in [-0.15, -0.1) is 0 Å². The predicted molar refractivity (Wildman–Crippen MR) is 73.8 cm³/mol. The smallest absolute Gasteiger partial charge is 0.108 e. The number of aromatic amines is 1. The van der Waals surface area contributed by atoms with Gasteiger partial charge in [-0.05, 0) is 26.0 Å². The third kappa shape index (κ3) is 2.96. The topological polar surface area (TPSA) is 54.7 Å². The van der Waals surface area contributed by atoms with Crippen molar-refractivity contribution in [3.8, 4) is 11.3 Å². The van der Waals surface area contributed by atoms with Crippen LogP contribution in [0, 0.1) is 6.92 Å². The molecule has 1 atom stereocenters. The number of hydrogen-bond donors (Lipinski definition) is 2. The van der Waals surface area contributed by atoms with Crippen molar-refractivity contribution in [2.75, 3.05) is 0 Å². The Morgan fingerprint density at radius 3 is 2.88 bits per heavy atom. The molecule has 1 aromatic heterocycles. The highest BCUT2D eigenvalue weighted by molar-refractivity contribution is 9.10. The minimum absolute atomic E-state index is 0.121. The van der Waals surface area contributed by atoms with Crippen LogP contribution in [0.5, 0.6) is 0 Å². The number of halogens is 1. The fourth-order valence-electron chi connectivity index (χ4n) is 1.84. The number of nitrogens with two attached hydrogens (primary N) is 1. The predicted octanol–water partition coefficient (Wildman–Crippen LogP) is 3.04. The quantitative estimate of drug-likeness (QED) is 0.914. The zero-order valence-electron chi connectivity index (χ0n) is 10.00. The number of imidazole rings is 1. The summed E-state index contributed by atoms with van der Waals surface area (Å²) in [6.45, 7) is 4.02. The van der Waals surface area contributed by atoms with Gasteiger partial charge in [0.25, 0.3) is 0 Å². The summed E-state index contributed by atoms with van der Waals surface area (Å²) in [6, 6.07) is 8.27. The van der Waals surface area contributed by atoms with Gasteiger partial charge in [0.05, 0.1) is 5.69 Å². The van der Waals surface area contributed by atoms with Crippen LogP contribution in [0.15, 0.2) is 28.7 Å². The van der Waals surface area contributed by atoms with Crippen LogP contribution in [0.4, 0.5) is 0 Å². The molecule has 17 heavy (non-hydrogen) atoms. The van der Waals surface area contributed by atoms with Gasteiger partial charge >= 0.3 is 0 Å². The lowest BCUT2D eigenvalue weighted by atomic mass is 10.1. The molecule has 0 aliphatic rings. The first-order chi connectivity index (χ1) is 8.06. The molecule has 0 fully saturated rings. The fourth-order valence-corrected chi connectivity index (χ4v) is 2.24. The van der Waals surface area contributed by atoms with E-state index in [-0.39, 0.29) is 6.04 Å². The average molecular weight is 294 g/mol. The van der Waals surface area contributed by atoms with E-state index in [1.165, 1.54) is 0 Å². The summed E-state index contributed by atoms with van der Waals surface area (Å²) in [5, 5.41) is 0. The van der Waals surface area contributed by atoms with E-state index in [4.69, 9.17) is 5.73 Å². The van der Waals surface area contributed by atoms with Crippen molar-refractivity contribution < 1.29 is 0 Å². The Kier molecular flexibility index (Phi) is 3.64. The number of aromatic nitrogens is 2.